The summed E-state index contributed by atoms with van der Waals surface area (Å²) in [4.78, 5) is 26.7. The Bertz CT molecular complexity index is 451. The molecule has 0 aromatic heterocycles. The standard InChI is InChI=1S/C19H36N2O4/c1-7-24-11-8-9-16(22)21-10-12-25-19(6,14-21)13-20-17(23)18(4,5)15(2)3/h15H,7-14H2,1-6H3,(H,20,23). The SMILES string of the molecule is CCOCCCC(=O)N1CCOC(C)(CNC(=O)C(C)(C)C(C)C)C1. The second kappa shape index (κ2) is 9.53. The first-order chi connectivity index (χ1) is 11.6. The third-order valence-corrected chi connectivity index (χ3v) is 5.22. The van der Waals surface area contributed by atoms with Crippen LogP contribution in [0, 0.1) is 11.3 Å². The highest BCUT2D eigenvalue weighted by Crippen LogP contribution is 2.26. The van der Waals surface area contributed by atoms with Gasteiger partial charge in [-0.25, -0.2) is 0 Å². The number of carbonyl (C=O) groups excluding carboxylic acids is 2. The Hall–Kier alpha value is -1.14. The van der Waals surface area contributed by atoms with Crippen molar-refractivity contribution in [1.82, 2.24) is 10.2 Å². The van der Waals surface area contributed by atoms with Crippen LogP contribution in [0.3, 0.4) is 0 Å². The molecule has 146 valence electrons. The molecule has 1 unspecified atom stereocenters. The second-order valence-corrected chi connectivity index (χ2v) is 7.97. The third kappa shape index (κ3) is 6.59. The summed E-state index contributed by atoms with van der Waals surface area (Å²) < 4.78 is 11.2. The molecule has 1 aliphatic heterocycles. The molecular weight excluding hydrogens is 320 g/mol. The molecule has 1 fully saturated rings. The minimum atomic E-state index is -0.545. The zero-order valence-corrected chi connectivity index (χ0v) is 16.8. The molecule has 1 atom stereocenters. The molecule has 1 saturated heterocycles. The largest absolute Gasteiger partial charge is 0.382 e. The van der Waals surface area contributed by atoms with Crippen LogP contribution in [0.1, 0.15) is 54.4 Å². The Labute approximate surface area is 152 Å². The zero-order valence-electron chi connectivity index (χ0n) is 16.8. The molecule has 25 heavy (non-hydrogen) atoms. The van der Waals surface area contributed by atoms with Gasteiger partial charge in [0.15, 0.2) is 0 Å². The van der Waals surface area contributed by atoms with E-state index in [-0.39, 0.29) is 17.7 Å². The van der Waals surface area contributed by atoms with Gasteiger partial charge in [-0.3, -0.25) is 9.59 Å². The molecule has 0 aromatic rings. The van der Waals surface area contributed by atoms with Gasteiger partial charge in [-0.15, -0.1) is 0 Å². The van der Waals surface area contributed by atoms with Crippen molar-refractivity contribution in [3.8, 4) is 0 Å². The molecule has 0 aliphatic carbocycles. The highest BCUT2D eigenvalue weighted by molar-refractivity contribution is 5.82. The normalized spacial score (nSPS) is 21.5. The van der Waals surface area contributed by atoms with Gasteiger partial charge in [-0.05, 0) is 26.2 Å². The Morgan fingerprint density at radius 2 is 2.04 bits per heavy atom. The first-order valence-electron chi connectivity index (χ1n) is 9.40. The van der Waals surface area contributed by atoms with Gasteiger partial charge in [0.25, 0.3) is 0 Å². The molecule has 1 aliphatic rings. The van der Waals surface area contributed by atoms with E-state index in [4.69, 9.17) is 9.47 Å². The van der Waals surface area contributed by atoms with Crippen molar-refractivity contribution in [2.45, 2.75) is 60.0 Å². The summed E-state index contributed by atoms with van der Waals surface area (Å²) in [5.41, 5.74) is -0.976. The van der Waals surface area contributed by atoms with Crippen LogP contribution in [-0.4, -0.2) is 61.8 Å². The Morgan fingerprint density at radius 3 is 2.64 bits per heavy atom. The Kier molecular flexibility index (Phi) is 8.35. The molecule has 1 heterocycles. The minimum absolute atomic E-state index is 0.0208. The Balaban J connectivity index is 2.51. The maximum absolute atomic E-state index is 12.4. The monoisotopic (exact) mass is 356 g/mol. The molecule has 6 heteroatoms. The van der Waals surface area contributed by atoms with E-state index in [1.807, 2.05) is 46.4 Å². The van der Waals surface area contributed by atoms with Gasteiger partial charge >= 0.3 is 0 Å². The molecule has 0 radical (unpaired) electrons. The topological polar surface area (TPSA) is 67.9 Å². The molecule has 2 amide bonds. The zero-order chi connectivity index (χ0) is 19.1. The number of hydrogen-bond donors (Lipinski definition) is 1. The van der Waals surface area contributed by atoms with Crippen molar-refractivity contribution in [3.63, 3.8) is 0 Å². The summed E-state index contributed by atoms with van der Waals surface area (Å²) in [5.74, 6) is 0.395. The van der Waals surface area contributed by atoms with Gasteiger partial charge in [-0.2, -0.15) is 0 Å². The lowest BCUT2D eigenvalue weighted by Crippen LogP contribution is -2.58. The van der Waals surface area contributed by atoms with E-state index in [2.05, 4.69) is 5.32 Å². The van der Waals surface area contributed by atoms with Crippen LogP contribution >= 0.6 is 0 Å². The van der Waals surface area contributed by atoms with Gasteiger partial charge in [-0.1, -0.05) is 27.7 Å². The molecular formula is C19H36N2O4. The quantitative estimate of drug-likeness (QED) is 0.643. The fraction of sp³-hybridized carbons (Fsp3) is 0.895. The van der Waals surface area contributed by atoms with Crippen molar-refractivity contribution >= 4 is 11.8 Å². The number of rotatable bonds is 9. The highest BCUT2D eigenvalue weighted by atomic mass is 16.5. The smallest absolute Gasteiger partial charge is 0.226 e. The van der Waals surface area contributed by atoms with Crippen molar-refractivity contribution in [1.29, 1.82) is 0 Å². The number of morpholine rings is 1. The van der Waals surface area contributed by atoms with E-state index in [0.29, 0.717) is 45.9 Å². The van der Waals surface area contributed by atoms with E-state index in [9.17, 15) is 9.59 Å². The van der Waals surface area contributed by atoms with Crippen molar-refractivity contribution < 1.29 is 19.1 Å². The second-order valence-electron chi connectivity index (χ2n) is 7.97. The average Bonchev–Trinajstić information content (AvgIpc) is 2.56. The summed E-state index contributed by atoms with van der Waals surface area (Å²) in [6.45, 7) is 15.2. The van der Waals surface area contributed by atoms with Crippen molar-refractivity contribution in [3.05, 3.63) is 0 Å². The summed E-state index contributed by atoms with van der Waals surface area (Å²) in [5, 5.41) is 3.01. The number of carbonyl (C=O) groups is 2. The van der Waals surface area contributed by atoms with Crippen molar-refractivity contribution in [2.24, 2.45) is 11.3 Å². The maximum atomic E-state index is 12.4. The van der Waals surface area contributed by atoms with Crippen LogP contribution in [0.4, 0.5) is 0 Å². The van der Waals surface area contributed by atoms with Crippen LogP contribution in [0.15, 0.2) is 0 Å². The molecule has 1 rings (SSSR count). The molecule has 0 spiro atoms. The average molecular weight is 357 g/mol. The fourth-order valence-electron chi connectivity index (χ4n) is 2.64. The minimum Gasteiger partial charge on any atom is -0.382 e. The molecule has 1 N–H and O–H groups in total. The van der Waals surface area contributed by atoms with Crippen LogP contribution < -0.4 is 5.32 Å². The Morgan fingerprint density at radius 1 is 1.36 bits per heavy atom. The molecule has 0 aromatic carbocycles. The van der Waals surface area contributed by atoms with Gasteiger partial charge in [0.1, 0.15) is 5.60 Å². The summed E-state index contributed by atoms with van der Waals surface area (Å²) in [6, 6.07) is 0. The van der Waals surface area contributed by atoms with Crippen LogP contribution in [-0.2, 0) is 19.1 Å². The van der Waals surface area contributed by atoms with Gasteiger partial charge in [0, 0.05) is 38.1 Å². The lowest BCUT2D eigenvalue weighted by atomic mass is 9.80. The van der Waals surface area contributed by atoms with Gasteiger partial charge in [0.05, 0.1) is 13.2 Å². The predicted octanol–water partition coefficient (Wildman–Crippen LogP) is 2.22. The first kappa shape index (κ1) is 21.9. The van der Waals surface area contributed by atoms with Crippen LogP contribution in [0.5, 0.6) is 0 Å². The van der Waals surface area contributed by atoms with Crippen LogP contribution in [0.2, 0.25) is 0 Å². The fourth-order valence-corrected chi connectivity index (χ4v) is 2.64. The first-order valence-corrected chi connectivity index (χ1v) is 9.40. The molecule has 6 nitrogen and oxygen atoms in total. The predicted molar refractivity (Wildman–Crippen MR) is 98.3 cm³/mol. The third-order valence-electron chi connectivity index (χ3n) is 5.22. The number of nitrogens with one attached hydrogen (secondary N) is 1. The number of hydrogen-bond acceptors (Lipinski definition) is 4. The van der Waals surface area contributed by atoms with Crippen LogP contribution in [0.25, 0.3) is 0 Å². The van der Waals surface area contributed by atoms with E-state index < -0.39 is 11.0 Å². The lowest BCUT2D eigenvalue weighted by Gasteiger charge is -2.41. The van der Waals surface area contributed by atoms with E-state index >= 15 is 0 Å². The maximum Gasteiger partial charge on any atom is 0.226 e. The number of nitrogens with zero attached hydrogens (tertiary/aromatic N) is 1. The van der Waals surface area contributed by atoms with Gasteiger partial charge in [0.2, 0.25) is 11.8 Å². The number of amides is 2. The summed E-state index contributed by atoms with van der Waals surface area (Å²) in [7, 11) is 0. The summed E-state index contributed by atoms with van der Waals surface area (Å²) >= 11 is 0. The van der Waals surface area contributed by atoms with E-state index in [1.54, 1.807) is 0 Å². The molecule has 0 bridgehead atoms. The van der Waals surface area contributed by atoms with Crippen molar-refractivity contribution in [2.75, 3.05) is 39.5 Å². The number of ether oxygens (including phenoxy) is 2. The lowest BCUT2D eigenvalue weighted by molar-refractivity contribution is -0.149. The highest BCUT2D eigenvalue weighted by Gasteiger charge is 2.37. The van der Waals surface area contributed by atoms with E-state index in [1.165, 1.54) is 0 Å². The van der Waals surface area contributed by atoms with E-state index in [0.717, 1.165) is 6.42 Å². The van der Waals surface area contributed by atoms with Gasteiger partial charge < -0.3 is 19.7 Å². The molecule has 0 saturated carbocycles. The summed E-state index contributed by atoms with van der Waals surface area (Å²) in [6.07, 6.45) is 1.23.